The molecule has 1 aromatic heterocycles. The first kappa shape index (κ1) is 8.88. The Labute approximate surface area is 82.2 Å². The maximum Gasteiger partial charge on any atom is 0.141 e. The van der Waals surface area contributed by atoms with Crippen LogP contribution < -0.4 is 0 Å². The predicted octanol–water partition coefficient (Wildman–Crippen LogP) is 2.81. The van der Waals surface area contributed by atoms with Gasteiger partial charge in [-0.1, -0.05) is 30.3 Å². The summed E-state index contributed by atoms with van der Waals surface area (Å²) in [7, 11) is 0. The molecule has 0 spiro atoms. The average Bonchev–Trinajstić information content (AvgIpc) is 2.23. The van der Waals surface area contributed by atoms with Crippen LogP contribution in [0, 0.1) is 5.82 Å². The first-order valence-electron chi connectivity index (χ1n) is 4.49. The lowest BCUT2D eigenvalue weighted by atomic mass is 10.1. The molecule has 0 aliphatic rings. The van der Waals surface area contributed by atoms with Gasteiger partial charge in [-0.05, 0) is 17.7 Å². The summed E-state index contributed by atoms with van der Waals surface area (Å²) < 4.78 is 12.6. The Morgan fingerprint density at radius 1 is 1.00 bits per heavy atom. The molecule has 2 aromatic rings. The number of aromatic nitrogens is 1. The second kappa shape index (κ2) is 4.01. The summed E-state index contributed by atoms with van der Waals surface area (Å²) >= 11 is 0. The Hall–Kier alpha value is -1.70. The largest absolute Gasteiger partial charge is 0.258 e. The van der Waals surface area contributed by atoms with E-state index in [0.717, 1.165) is 12.1 Å². The maximum atomic E-state index is 12.6. The van der Waals surface area contributed by atoms with Crippen LogP contribution in [0.15, 0.2) is 48.7 Å². The Kier molecular flexibility index (Phi) is 2.54. The van der Waals surface area contributed by atoms with Gasteiger partial charge >= 0.3 is 0 Å². The van der Waals surface area contributed by atoms with Gasteiger partial charge in [-0.15, -0.1) is 0 Å². The van der Waals surface area contributed by atoms with Crippen LogP contribution in [0.25, 0.3) is 0 Å². The van der Waals surface area contributed by atoms with Gasteiger partial charge in [0.05, 0.1) is 6.20 Å². The number of hydrogen-bond acceptors (Lipinski definition) is 1. The highest BCUT2D eigenvalue weighted by molar-refractivity contribution is 5.21. The molecule has 2 rings (SSSR count). The van der Waals surface area contributed by atoms with Gasteiger partial charge in [0.25, 0.3) is 0 Å². The molecular weight excluding hydrogens is 177 g/mol. The summed E-state index contributed by atoms with van der Waals surface area (Å²) in [5.74, 6) is -0.290. The smallest absolute Gasteiger partial charge is 0.141 e. The molecule has 0 amide bonds. The fourth-order valence-electron chi connectivity index (χ4n) is 1.32. The van der Waals surface area contributed by atoms with Crippen molar-refractivity contribution in [2.45, 2.75) is 6.42 Å². The molecule has 0 aliphatic carbocycles. The van der Waals surface area contributed by atoms with Crippen molar-refractivity contribution >= 4 is 0 Å². The summed E-state index contributed by atoms with van der Waals surface area (Å²) in [6.45, 7) is 0. The Bertz CT molecular complexity index is 394. The number of nitrogens with zero attached hydrogens (tertiary/aromatic N) is 1. The predicted molar refractivity (Wildman–Crippen MR) is 53.4 cm³/mol. The SMILES string of the molecule is Fc1ccc(Cc2ccccc2)nc1. The van der Waals surface area contributed by atoms with Crippen molar-refractivity contribution in [3.05, 3.63) is 65.7 Å². The number of halogens is 1. The van der Waals surface area contributed by atoms with Crippen molar-refractivity contribution in [1.29, 1.82) is 0 Å². The summed E-state index contributed by atoms with van der Waals surface area (Å²) in [5.41, 5.74) is 2.07. The zero-order valence-electron chi connectivity index (χ0n) is 7.65. The standard InChI is InChI=1S/C12H10FN/c13-11-6-7-12(14-9-11)8-10-4-2-1-3-5-10/h1-7,9H,8H2. The Morgan fingerprint density at radius 3 is 2.43 bits per heavy atom. The molecule has 1 heterocycles. The molecular formula is C12H10FN. The summed E-state index contributed by atoms with van der Waals surface area (Å²) in [6, 6.07) is 13.2. The van der Waals surface area contributed by atoms with Crippen LogP contribution >= 0.6 is 0 Å². The van der Waals surface area contributed by atoms with Crippen LogP contribution in [0.1, 0.15) is 11.3 Å². The van der Waals surface area contributed by atoms with E-state index >= 15 is 0 Å². The van der Waals surface area contributed by atoms with E-state index < -0.39 is 0 Å². The molecule has 0 bridgehead atoms. The molecule has 0 unspecified atom stereocenters. The number of rotatable bonds is 2. The number of pyridine rings is 1. The highest BCUT2D eigenvalue weighted by atomic mass is 19.1. The minimum Gasteiger partial charge on any atom is -0.258 e. The van der Waals surface area contributed by atoms with E-state index in [4.69, 9.17) is 0 Å². The van der Waals surface area contributed by atoms with E-state index in [1.54, 1.807) is 6.07 Å². The monoisotopic (exact) mass is 187 g/mol. The first-order valence-corrected chi connectivity index (χ1v) is 4.49. The molecule has 0 fully saturated rings. The minimum atomic E-state index is -0.290. The Morgan fingerprint density at radius 2 is 1.79 bits per heavy atom. The normalized spacial score (nSPS) is 10.1. The van der Waals surface area contributed by atoms with Crippen LogP contribution in [0.2, 0.25) is 0 Å². The molecule has 0 saturated heterocycles. The third-order valence-electron chi connectivity index (χ3n) is 2.02. The minimum absolute atomic E-state index is 0.290. The molecule has 0 N–H and O–H groups in total. The molecule has 0 radical (unpaired) electrons. The van der Waals surface area contributed by atoms with E-state index in [0.29, 0.717) is 0 Å². The van der Waals surface area contributed by atoms with Crippen molar-refractivity contribution in [3.8, 4) is 0 Å². The molecule has 0 aliphatic heterocycles. The van der Waals surface area contributed by atoms with Crippen LogP contribution in [0.4, 0.5) is 4.39 Å². The molecule has 0 atom stereocenters. The summed E-state index contributed by atoms with van der Waals surface area (Å²) in [5, 5.41) is 0. The van der Waals surface area contributed by atoms with Crippen LogP contribution in [0.5, 0.6) is 0 Å². The first-order chi connectivity index (χ1) is 6.84. The van der Waals surface area contributed by atoms with E-state index in [9.17, 15) is 4.39 Å². The van der Waals surface area contributed by atoms with Crippen molar-refractivity contribution in [2.24, 2.45) is 0 Å². The Balaban J connectivity index is 2.16. The molecule has 70 valence electrons. The summed E-state index contributed by atoms with van der Waals surface area (Å²) in [6.07, 6.45) is 2.00. The topological polar surface area (TPSA) is 12.9 Å². The lowest BCUT2D eigenvalue weighted by Crippen LogP contribution is -1.91. The van der Waals surface area contributed by atoms with Crippen molar-refractivity contribution in [1.82, 2.24) is 4.98 Å². The second-order valence-electron chi connectivity index (χ2n) is 3.13. The zero-order valence-corrected chi connectivity index (χ0v) is 7.65. The van der Waals surface area contributed by atoms with Crippen molar-refractivity contribution < 1.29 is 4.39 Å². The van der Waals surface area contributed by atoms with E-state index in [1.807, 2.05) is 30.3 Å². The third kappa shape index (κ3) is 2.16. The van der Waals surface area contributed by atoms with Crippen molar-refractivity contribution in [2.75, 3.05) is 0 Å². The van der Waals surface area contributed by atoms with Gasteiger partial charge in [-0.25, -0.2) is 4.39 Å². The fourth-order valence-corrected chi connectivity index (χ4v) is 1.32. The van der Waals surface area contributed by atoms with E-state index in [-0.39, 0.29) is 5.82 Å². The van der Waals surface area contributed by atoms with Crippen molar-refractivity contribution in [3.63, 3.8) is 0 Å². The van der Waals surface area contributed by atoms with Gasteiger partial charge in [0, 0.05) is 12.1 Å². The average molecular weight is 187 g/mol. The van der Waals surface area contributed by atoms with Gasteiger partial charge in [-0.3, -0.25) is 4.98 Å². The quantitative estimate of drug-likeness (QED) is 0.704. The van der Waals surface area contributed by atoms with Crippen LogP contribution in [-0.4, -0.2) is 4.98 Å². The molecule has 14 heavy (non-hydrogen) atoms. The van der Waals surface area contributed by atoms with E-state index in [1.165, 1.54) is 17.8 Å². The third-order valence-corrected chi connectivity index (χ3v) is 2.02. The molecule has 1 nitrogen and oxygen atoms in total. The molecule has 0 saturated carbocycles. The van der Waals surface area contributed by atoms with Crippen LogP contribution in [-0.2, 0) is 6.42 Å². The van der Waals surface area contributed by atoms with Gasteiger partial charge in [-0.2, -0.15) is 0 Å². The second-order valence-corrected chi connectivity index (χ2v) is 3.13. The highest BCUT2D eigenvalue weighted by Gasteiger charge is 1.96. The van der Waals surface area contributed by atoms with Gasteiger partial charge in [0.2, 0.25) is 0 Å². The lowest BCUT2D eigenvalue weighted by Gasteiger charge is -1.99. The van der Waals surface area contributed by atoms with Gasteiger partial charge < -0.3 is 0 Å². The molecule has 1 aromatic carbocycles. The highest BCUT2D eigenvalue weighted by Crippen LogP contribution is 2.06. The number of benzene rings is 1. The lowest BCUT2D eigenvalue weighted by molar-refractivity contribution is 0.619. The maximum absolute atomic E-state index is 12.6. The van der Waals surface area contributed by atoms with E-state index in [2.05, 4.69) is 4.98 Å². The van der Waals surface area contributed by atoms with Gasteiger partial charge in [0.1, 0.15) is 5.82 Å². The summed E-state index contributed by atoms with van der Waals surface area (Å²) in [4.78, 5) is 4.00. The van der Waals surface area contributed by atoms with Gasteiger partial charge in [0.15, 0.2) is 0 Å². The molecule has 2 heteroatoms. The number of hydrogen-bond donors (Lipinski definition) is 0. The zero-order chi connectivity index (χ0) is 9.80. The fraction of sp³-hybridized carbons (Fsp3) is 0.0833. The van der Waals surface area contributed by atoms with Crippen LogP contribution in [0.3, 0.4) is 0 Å².